The van der Waals surface area contributed by atoms with E-state index < -0.39 is 11.7 Å². The highest BCUT2D eigenvalue weighted by Crippen LogP contribution is 2.33. The van der Waals surface area contributed by atoms with Gasteiger partial charge in [-0.15, -0.1) is 0 Å². The molecule has 0 spiro atoms. The minimum atomic E-state index is -0.471. The number of benzene rings is 1. The van der Waals surface area contributed by atoms with E-state index in [2.05, 4.69) is 29.6 Å². The molecular weight excluding hydrogens is 418 g/mol. The third kappa shape index (κ3) is 5.07. The smallest absolute Gasteiger partial charge is 0.289 e. The molecular formula is C26H35N3O4. The van der Waals surface area contributed by atoms with Crippen molar-refractivity contribution in [1.82, 2.24) is 15.1 Å². The molecule has 7 nitrogen and oxygen atoms in total. The molecule has 3 amide bonds. The Morgan fingerprint density at radius 1 is 1.00 bits per heavy atom. The van der Waals surface area contributed by atoms with E-state index in [0.717, 1.165) is 25.7 Å². The molecule has 1 saturated carbocycles. The van der Waals surface area contributed by atoms with Gasteiger partial charge in [0.05, 0.1) is 12.1 Å². The van der Waals surface area contributed by atoms with Crippen LogP contribution in [0, 0.1) is 5.92 Å². The van der Waals surface area contributed by atoms with Crippen molar-refractivity contribution < 1.29 is 19.5 Å². The van der Waals surface area contributed by atoms with E-state index in [1.54, 1.807) is 4.90 Å². The Balaban J connectivity index is 1.29. The van der Waals surface area contributed by atoms with Crippen molar-refractivity contribution in [1.29, 1.82) is 0 Å². The highest BCUT2D eigenvalue weighted by Gasteiger charge is 2.40. The molecule has 1 aromatic rings. The molecule has 178 valence electrons. The maximum absolute atomic E-state index is 12.9. The number of nitrogens with one attached hydrogen (secondary N) is 1. The van der Waals surface area contributed by atoms with Crippen molar-refractivity contribution in [2.45, 2.75) is 70.4 Å². The first kappa shape index (κ1) is 23.3. The highest BCUT2D eigenvalue weighted by molar-refractivity contribution is 6.07. The Bertz CT molecular complexity index is 911. The Morgan fingerprint density at radius 2 is 1.64 bits per heavy atom. The van der Waals surface area contributed by atoms with Gasteiger partial charge in [0.25, 0.3) is 11.8 Å². The van der Waals surface area contributed by atoms with Crippen LogP contribution in [0.4, 0.5) is 0 Å². The second-order valence-corrected chi connectivity index (χ2v) is 9.90. The summed E-state index contributed by atoms with van der Waals surface area (Å²) in [6.07, 6.45) is 5.13. The van der Waals surface area contributed by atoms with Gasteiger partial charge in [0.15, 0.2) is 5.76 Å². The monoisotopic (exact) mass is 453 g/mol. The highest BCUT2D eigenvalue weighted by atomic mass is 16.3. The van der Waals surface area contributed by atoms with Crippen molar-refractivity contribution in [3.05, 3.63) is 47.2 Å². The lowest BCUT2D eigenvalue weighted by molar-refractivity contribution is -0.137. The second kappa shape index (κ2) is 9.98. The fourth-order valence-corrected chi connectivity index (χ4v) is 5.39. The van der Waals surface area contributed by atoms with Crippen LogP contribution in [0.3, 0.4) is 0 Å². The number of hydrogen-bond acceptors (Lipinski definition) is 4. The van der Waals surface area contributed by atoms with Gasteiger partial charge in [-0.05, 0) is 50.0 Å². The number of nitrogens with zero attached hydrogens (tertiary/aromatic N) is 2. The van der Waals surface area contributed by atoms with Gasteiger partial charge < -0.3 is 20.2 Å². The third-order valence-corrected chi connectivity index (χ3v) is 7.40. The molecule has 2 aliphatic heterocycles. The van der Waals surface area contributed by atoms with Crippen molar-refractivity contribution in [2.75, 3.05) is 19.6 Å². The molecule has 7 heteroatoms. The van der Waals surface area contributed by atoms with Crippen LogP contribution in [-0.4, -0.2) is 64.3 Å². The summed E-state index contributed by atoms with van der Waals surface area (Å²) in [6, 6.07) is 10.5. The SMILES string of the molecule is CC(C)C(=O)N1CCC(N2CC(C(=O)N[C@H]3CC[C@@H](c4ccccc4)CC3)=C(O)C2=O)CC1. The molecule has 33 heavy (non-hydrogen) atoms. The summed E-state index contributed by atoms with van der Waals surface area (Å²) in [7, 11) is 0. The first-order chi connectivity index (χ1) is 15.8. The molecule has 3 aliphatic rings. The molecule has 2 heterocycles. The molecule has 4 rings (SSSR count). The third-order valence-electron chi connectivity index (χ3n) is 7.40. The summed E-state index contributed by atoms with van der Waals surface area (Å²) >= 11 is 0. The van der Waals surface area contributed by atoms with Gasteiger partial charge in [0.1, 0.15) is 0 Å². The zero-order valence-corrected chi connectivity index (χ0v) is 19.6. The molecule has 0 aromatic heterocycles. The maximum atomic E-state index is 12.9. The molecule has 2 N–H and O–H groups in total. The van der Waals surface area contributed by atoms with Gasteiger partial charge in [-0.2, -0.15) is 0 Å². The second-order valence-electron chi connectivity index (χ2n) is 9.90. The number of carbonyl (C=O) groups excluding carboxylic acids is 3. The van der Waals surface area contributed by atoms with E-state index in [0.29, 0.717) is 31.8 Å². The van der Waals surface area contributed by atoms with E-state index in [1.165, 1.54) is 5.56 Å². The number of likely N-dealkylation sites (tertiary alicyclic amines) is 1. The van der Waals surface area contributed by atoms with E-state index in [9.17, 15) is 19.5 Å². The molecule has 1 saturated heterocycles. The Hall–Kier alpha value is -2.83. The number of carbonyl (C=O) groups is 3. The van der Waals surface area contributed by atoms with E-state index in [-0.39, 0.29) is 41.9 Å². The quantitative estimate of drug-likeness (QED) is 0.717. The molecule has 0 atom stereocenters. The first-order valence-corrected chi connectivity index (χ1v) is 12.2. The van der Waals surface area contributed by atoms with E-state index in [4.69, 9.17) is 0 Å². The zero-order chi connectivity index (χ0) is 23.5. The Kier molecular flexibility index (Phi) is 7.05. The van der Waals surface area contributed by atoms with Crippen LogP contribution in [0.1, 0.15) is 63.9 Å². The van der Waals surface area contributed by atoms with Gasteiger partial charge in [-0.1, -0.05) is 44.2 Å². The molecule has 0 radical (unpaired) electrons. The van der Waals surface area contributed by atoms with Crippen molar-refractivity contribution >= 4 is 17.7 Å². The van der Waals surface area contributed by atoms with Crippen LogP contribution in [0.15, 0.2) is 41.7 Å². The van der Waals surface area contributed by atoms with Gasteiger partial charge in [-0.25, -0.2) is 0 Å². The largest absolute Gasteiger partial charge is 0.503 e. The topological polar surface area (TPSA) is 90.0 Å². The molecule has 0 unspecified atom stereocenters. The number of piperidine rings is 1. The van der Waals surface area contributed by atoms with Gasteiger partial charge in [-0.3, -0.25) is 14.4 Å². The fourth-order valence-electron chi connectivity index (χ4n) is 5.39. The average Bonchev–Trinajstić information content (AvgIpc) is 3.14. The number of aliphatic hydroxyl groups is 1. The normalized spacial score (nSPS) is 24.5. The zero-order valence-electron chi connectivity index (χ0n) is 19.6. The summed E-state index contributed by atoms with van der Waals surface area (Å²) in [5.41, 5.74) is 1.52. The van der Waals surface area contributed by atoms with Crippen LogP contribution < -0.4 is 5.32 Å². The van der Waals surface area contributed by atoms with Crippen LogP contribution in [0.25, 0.3) is 0 Å². The molecule has 1 aromatic carbocycles. The molecule has 2 fully saturated rings. The maximum Gasteiger partial charge on any atom is 0.289 e. The summed E-state index contributed by atoms with van der Waals surface area (Å²) in [5, 5.41) is 13.5. The number of hydrogen-bond donors (Lipinski definition) is 2. The van der Waals surface area contributed by atoms with Gasteiger partial charge >= 0.3 is 0 Å². The summed E-state index contributed by atoms with van der Waals surface area (Å²) in [6.45, 7) is 5.11. The number of amides is 3. The van der Waals surface area contributed by atoms with Crippen LogP contribution >= 0.6 is 0 Å². The Labute approximate surface area is 195 Å². The minimum absolute atomic E-state index is 0.0428. The van der Waals surface area contributed by atoms with Gasteiger partial charge in [0, 0.05) is 31.1 Å². The Morgan fingerprint density at radius 3 is 2.24 bits per heavy atom. The lowest BCUT2D eigenvalue weighted by Crippen LogP contribution is -2.48. The van der Waals surface area contributed by atoms with Crippen LogP contribution in [0.5, 0.6) is 0 Å². The standard InChI is InChI=1S/C26H35N3O4/c1-17(2)25(32)28-14-12-21(13-15-28)29-16-22(23(30)26(29)33)24(31)27-20-10-8-19(9-11-20)18-6-4-3-5-7-18/h3-7,17,19-21,30H,8-16H2,1-2H3,(H,27,31)/t19-,20+. The predicted molar refractivity (Wildman–Crippen MR) is 125 cm³/mol. The average molecular weight is 454 g/mol. The van der Waals surface area contributed by atoms with Crippen molar-refractivity contribution in [3.8, 4) is 0 Å². The summed E-state index contributed by atoms with van der Waals surface area (Å²) < 4.78 is 0. The lowest BCUT2D eigenvalue weighted by Gasteiger charge is -2.37. The number of rotatable bonds is 5. The predicted octanol–water partition coefficient (Wildman–Crippen LogP) is 3.13. The summed E-state index contributed by atoms with van der Waals surface area (Å²) in [4.78, 5) is 41.3. The van der Waals surface area contributed by atoms with Crippen LogP contribution in [0.2, 0.25) is 0 Å². The lowest BCUT2D eigenvalue weighted by atomic mass is 9.82. The minimum Gasteiger partial charge on any atom is -0.503 e. The molecule has 0 bridgehead atoms. The van der Waals surface area contributed by atoms with Crippen LogP contribution in [-0.2, 0) is 14.4 Å². The molecule has 1 aliphatic carbocycles. The fraction of sp³-hybridized carbons (Fsp3) is 0.577. The van der Waals surface area contributed by atoms with Crippen molar-refractivity contribution in [3.63, 3.8) is 0 Å². The first-order valence-electron chi connectivity index (χ1n) is 12.2. The van der Waals surface area contributed by atoms with E-state index in [1.807, 2.05) is 24.8 Å². The summed E-state index contributed by atoms with van der Waals surface area (Å²) in [5.74, 6) is -0.626. The van der Waals surface area contributed by atoms with E-state index >= 15 is 0 Å². The number of aliphatic hydroxyl groups excluding tert-OH is 1. The van der Waals surface area contributed by atoms with Gasteiger partial charge in [0.2, 0.25) is 5.91 Å². The van der Waals surface area contributed by atoms with Crippen molar-refractivity contribution in [2.24, 2.45) is 5.92 Å².